The van der Waals surface area contributed by atoms with Crippen molar-refractivity contribution >= 4 is 92.9 Å². The van der Waals surface area contributed by atoms with Gasteiger partial charge in [-0.05, 0) is 184 Å². The van der Waals surface area contributed by atoms with Crippen molar-refractivity contribution in [2.75, 3.05) is 0 Å². The Morgan fingerprint density at radius 3 is 1.35 bits per heavy atom. The SMILES string of the molecule is CC(C)(C)c1cc(-c2cc(-c3ccc4cc(CC(C)(C)C(F)(F)F)sc4c3)ccn2)cc2ccccc12.CC(C)(C)c1cc(-c2cc(Br)ccn2)cc2ccccc12.CC(C)(Cc1cc2ccc(B3OC(C)(C)C(C)(C)O3)cc2s1)C(F)(F)F. The minimum atomic E-state index is -4.24. The molecule has 11 rings (SSSR count). The highest BCUT2D eigenvalue weighted by Gasteiger charge is 2.52. The van der Waals surface area contributed by atoms with Crippen LogP contribution in [0.5, 0.6) is 0 Å². The maximum atomic E-state index is 13.4. The van der Waals surface area contributed by atoms with Crippen LogP contribution in [0.25, 0.3) is 75.4 Å². The van der Waals surface area contributed by atoms with Crippen molar-refractivity contribution in [1.82, 2.24) is 9.97 Å². The van der Waals surface area contributed by atoms with Crippen molar-refractivity contribution in [3.8, 4) is 33.6 Å². The number of hydrogen-bond donors (Lipinski definition) is 0. The first kappa shape index (κ1) is 62.6. The summed E-state index contributed by atoms with van der Waals surface area (Å²) >= 11 is 6.37. The van der Waals surface area contributed by atoms with E-state index < -0.39 is 41.5 Å². The van der Waals surface area contributed by atoms with Gasteiger partial charge in [0.2, 0.25) is 0 Å². The van der Waals surface area contributed by atoms with Crippen LogP contribution >= 0.6 is 38.6 Å². The zero-order valence-corrected chi connectivity index (χ0v) is 53.4. The molecule has 10 aromatic rings. The monoisotopic (exact) mass is 1240 g/mol. The molecule has 1 aliphatic rings. The third kappa shape index (κ3) is 13.7. The van der Waals surface area contributed by atoms with E-state index >= 15 is 0 Å². The van der Waals surface area contributed by atoms with Crippen LogP contribution in [0.1, 0.15) is 118 Å². The van der Waals surface area contributed by atoms with Gasteiger partial charge in [0.1, 0.15) is 0 Å². The van der Waals surface area contributed by atoms with Gasteiger partial charge in [-0.3, -0.25) is 9.97 Å². The maximum absolute atomic E-state index is 13.4. The van der Waals surface area contributed by atoms with Crippen LogP contribution in [0.3, 0.4) is 0 Å². The number of rotatable bonds is 8. The Morgan fingerprint density at radius 2 is 0.881 bits per heavy atom. The highest BCUT2D eigenvalue weighted by atomic mass is 79.9. The Kier molecular flexibility index (Phi) is 17.2. The molecule has 0 aliphatic carbocycles. The zero-order chi connectivity index (χ0) is 61.2. The fraction of sp³-hybridized carbons (Fsp3) is 0.343. The molecule has 438 valence electrons. The Hall–Kier alpha value is -5.90. The predicted molar refractivity (Wildman–Crippen MR) is 345 cm³/mol. The molecule has 0 saturated carbocycles. The molecule has 0 radical (unpaired) electrons. The summed E-state index contributed by atoms with van der Waals surface area (Å²) in [5, 5.41) is 6.95. The Labute approximate surface area is 507 Å². The quantitative estimate of drug-likeness (QED) is 0.112. The Bertz CT molecular complexity index is 4020. The number of nitrogens with zero attached hydrogens (tertiary/aromatic N) is 2. The first-order chi connectivity index (χ1) is 39.0. The average molecular weight is 1240 g/mol. The van der Waals surface area contributed by atoms with Crippen molar-refractivity contribution in [1.29, 1.82) is 0 Å². The van der Waals surface area contributed by atoms with Crippen molar-refractivity contribution in [2.24, 2.45) is 10.8 Å². The first-order valence-electron chi connectivity index (χ1n) is 28.2. The third-order valence-electron chi connectivity index (χ3n) is 16.2. The van der Waals surface area contributed by atoms with Crippen LogP contribution in [0.4, 0.5) is 26.3 Å². The Balaban J connectivity index is 0.000000158. The van der Waals surface area contributed by atoms with Gasteiger partial charge in [0.05, 0.1) is 33.4 Å². The van der Waals surface area contributed by atoms with Crippen LogP contribution in [-0.2, 0) is 33.0 Å². The minimum Gasteiger partial charge on any atom is -0.399 e. The molecule has 84 heavy (non-hydrogen) atoms. The van der Waals surface area contributed by atoms with Crippen LogP contribution in [-0.4, -0.2) is 40.6 Å². The minimum absolute atomic E-state index is 0.0180. The van der Waals surface area contributed by atoms with E-state index in [-0.39, 0.29) is 23.7 Å². The van der Waals surface area contributed by atoms with Crippen molar-refractivity contribution in [3.63, 3.8) is 0 Å². The highest BCUT2D eigenvalue weighted by Crippen LogP contribution is 2.45. The number of aromatic nitrogens is 2. The van der Waals surface area contributed by atoms with E-state index in [9.17, 15) is 26.3 Å². The second-order valence-corrected chi connectivity index (χ2v) is 29.7. The zero-order valence-electron chi connectivity index (χ0n) is 50.2. The number of pyridine rings is 2. The molecule has 0 N–H and O–H groups in total. The van der Waals surface area contributed by atoms with Gasteiger partial charge in [0.25, 0.3) is 0 Å². The molecule has 0 bridgehead atoms. The van der Waals surface area contributed by atoms with Crippen LogP contribution in [0, 0.1) is 10.8 Å². The van der Waals surface area contributed by atoms with Gasteiger partial charge in [-0.15, -0.1) is 22.7 Å². The summed E-state index contributed by atoms with van der Waals surface area (Å²) < 4.78 is 94.8. The summed E-state index contributed by atoms with van der Waals surface area (Å²) in [6, 6.07) is 49.7. The number of hydrogen-bond acceptors (Lipinski definition) is 6. The summed E-state index contributed by atoms with van der Waals surface area (Å²) in [6.45, 7) is 26.4. The number of benzene rings is 6. The molecule has 1 fully saturated rings. The van der Waals surface area contributed by atoms with E-state index in [1.807, 2.05) is 94.7 Å². The van der Waals surface area contributed by atoms with Crippen molar-refractivity contribution in [3.05, 3.63) is 183 Å². The smallest absolute Gasteiger partial charge is 0.399 e. The summed E-state index contributed by atoms with van der Waals surface area (Å²) in [7, 11) is -0.471. The third-order valence-corrected chi connectivity index (χ3v) is 18.9. The van der Waals surface area contributed by atoms with Crippen LogP contribution < -0.4 is 5.46 Å². The van der Waals surface area contributed by atoms with Gasteiger partial charge in [-0.1, -0.05) is 158 Å². The van der Waals surface area contributed by atoms with Gasteiger partial charge in [-0.2, -0.15) is 26.3 Å². The van der Waals surface area contributed by atoms with E-state index in [0.717, 1.165) is 67.9 Å². The molecule has 4 nitrogen and oxygen atoms in total. The van der Waals surface area contributed by atoms with E-state index in [0.29, 0.717) is 0 Å². The molecule has 4 aromatic heterocycles. The number of fused-ring (bicyclic) bond motifs is 4. The second kappa shape index (κ2) is 23.1. The largest absolute Gasteiger partial charge is 0.494 e. The van der Waals surface area contributed by atoms with Crippen molar-refractivity contribution in [2.45, 2.75) is 144 Å². The topological polar surface area (TPSA) is 44.2 Å². The molecule has 14 heteroatoms. The van der Waals surface area contributed by atoms with Gasteiger partial charge < -0.3 is 9.31 Å². The molecule has 0 atom stereocenters. The van der Waals surface area contributed by atoms with E-state index in [2.05, 4.69) is 153 Å². The molecule has 1 aliphatic heterocycles. The van der Waals surface area contributed by atoms with E-state index in [1.54, 1.807) is 0 Å². The summed E-state index contributed by atoms with van der Waals surface area (Å²) in [4.78, 5) is 10.7. The summed E-state index contributed by atoms with van der Waals surface area (Å²) in [5.74, 6) is 0. The lowest BCUT2D eigenvalue weighted by atomic mass is 9.79. The fourth-order valence-electron chi connectivity index (χ4n) is 10.2. The number of alkyl halides is 6. The lowest BCUT2D eigenvalue weighted by Gasteiger charge is -2.32. The predicted octanol–water partition coefficient (Wildman–Crippen LogP) is 21.5. The van der Waals surface area contributed by atoms with Gasteiger partial charge in [0.15, 0.2) is 0 Å². The summed E-state index contributed by atoms with van der Waals surface area (Å²) in [6.07, 6.45) is -4.85. The lowest BCUT2D eigenvalue weighted by Crippen LogP contribution is -2.41. The number of halogens is 7. The highest BCUT2D eigenvalue weighted by molar-refractivity contribution is 9.10. The van der Waals surface area contributed by atoms with E-state index in [1.165, 1.54) is 88.6 Å². The van der Waals surface area contributed by atoms with Gasteiger partial charge in [0, 0.05) is 47.1 Å². The molecule has 0 amide bonds. The standard InChI is InChI=1S/C32H30F3NS.C19H24BF3O2S.C19H18BrN/c1-30(2,3)27-16-24(14-22-8-6-7-9-26(22)27)28-17-21(12-13-36-28)20-10-11-23-15-25(37-29(23)18-20)19-31(4,5)32(33,34)35;1-16(2,19(21,22)23)11-14-9-12-7-8-13(10-15(12)26-14)20-24-17(3,4)18(5,6)25-20;1-19(2,3)17-11-14(18-12-15(20)8-9-21-18)10-13-6-4-5-7-16(13)17/h6-18H,19H2,1-5H3;7-10H,11H2,1-6H3;4-12H,1-3H3. The maximum Gasteiger partial charge on any atom is 0.494 e. The lowest BCUT2D eigenvalue weighted by molar-refractivity contribution is -0.211. The normalized spacial score (nSPS) is 14.9. The van der Waals surface area contributed by atoms with Gasteiger partial charge in [-0.25, -0.2) is 0 Å². The Morgan fingerprint density at radius 1 is 0.452 bits per heavy atom. The number of thiophene rings is 2. The van der Waals surface area contributed by atoms with Crippen LogP contribution in [0.15, 0.2) is 162 Å². The summed E-state index contributed by atoms with van der Waals surface area (Å²) in [5.41, 5.74) is 5.43. The second-order valence-electron chi connectivity index (χ2n) is 26.5. The van der Waals surface area contributed by atoms with Gasteiger partial charge >= 0.3 is 19.5 Å². The fourth-order valence-corrected chi connectivity index (χ4v) is 13.2. The molecular weight excluding hydrogens is 1170 g/mol. The first-order valence-corrected chi connectivity index (χ1v) is 30.6. The van der Waals surface area contributed by atoms with E-state index in [4.69, 9.17) is 14.3 Å². The molecule has 0 spiro atoms. The average Bonchev–Trinajstić information content (AvgIpc) is 1.95. The van der Waals surface area contributed by atoms with Crippen molar-refractivity contribution < 1.29 is 35.7 Å². The van der Waals surface area contributed by atoms with Crippen LogP contribution in [0.2, 0.25) is 0 Å². The molecule has 1 saturated heterocycles. The molecule has 5 heterocycles. The molecule has 6 aromatic carbocycles. The molecule has 0 unspecified atom stereocenters. The molecular formula is C70H72BBrF6N2O2S2.